The molecule has 1 unspecified atom stereocenters. The lowest BCUT2D eigenvalue weighted by Gasteiger charge is -2.14. The topological polar surface area (TPSA) is 78.3 Å². The minimum atomic E-state index is -0.277. The summed E-state index contributed by atoms with van der Waals surface area (Å²) in [5.41, 5.74) is 3.57. The minimum Gasteiger partial charge on any atom is -0.493 e. The number of carbonyl (C=O) groups excluding carboxylic acids is 1. The molecular weight excluding hydrogens is 404 g/mol. The van der Waals surface area contributed by atoms with E-state index < -0.39 is 0 Å². The van der Waals surface area contributed by atoms with Crippen LogP contribution in [-0.4, -0.2) is 34.9 Å². The number of aromatic nitrogens is 3. The number of pyridine rings is 1. The molecule has 4 aromatic rings. The molecule has 0 aliphatic heterocycles. The molecule has 1 N–H and O–H groups in total. The van der Waals surface area contributed by atoms with E-state index >= 15 is 0 Å². The van der Waals surface area contributed by atoms with Crippen molar-refractivity contribution in [1.82, 2.24) is 20.1 Å². The number of hydrogen-bond acceptors (Lipinski definition) is 5. The van der Waals surface area contributed by atoms with Gasteiger partial charge >= 0.3 is 0 Å². The lowest BCUT2D eigenvalue weighted by Crippen LogP contribution is -2.27. The molecular formula is C25H24N4O3. The van der Waals surface area contributed by atoms with Gasteiger partial charge in [-0.05, 0) is 48.4 Å². The third-order valence-electron chi connectivity index (χ3n) is 5.18. The Bertz CT molecular complexity index is 1210. The Morgan fingerprint density at radius 2 is 1.78 bits per heavy atom. The Morgan fingerprint density at radius 1 is 1.00 bits per heavy atom. The first-order chi connectivity index (χ1) is 15.6. The van der Waals surface area contributed by atoms with Crippen molar-refractivity contribution >= 4 is 5.91 Å². The second-order valence-corrected chi connectivity index (χ2v) is 7.22. The average Bonchev–Trinajstić information content (AvgIpc) is 3.30. The third-order valence-corrected chi connectivity index (χ3v) is 5.18. The average molecular weight is 428 g/mol. The van der Waals surface area contributed by atoms with Crippen LogP contribution in [0.1, 0.15) is 29.0 Å². The van der Waals surface area contributed by atoms with Crippen LogP contribution in [0, 0.1) is 0 Å². The predicted octanol–water partition coefficient (Wildman–Crippen LogP) is 4.44. The van der Waals surface area contributed by atoms with Crippen LogP contribution in [0.3, 0.4) is 0 Å². The summed E-state index contributed by atoms with van der Waals surface area (Å²) in [6.07, 6.45) is 5.29. The Hall–Kier alpha value is -4.13. The van der Waals surface area contributed by atoms with Crippen molar-refractivity contribution in [3.8, 4) is 28.3 Å². The van der Waals surface area contributed by atoms with Gasteiger partial charge in [0, 0.05) is 24.2 Å². The van der Waals surface area contributed by atoms with Gasteiger partial charge in [0.15, 0.2) is 17.2 Å². The fourth-order valence-electron chi connectivity index (χ4n) is 3.45. The molecule has 1 amide bonds. The first kappa shape index (κ1) is 21.1. The van der Waals surface area contributed by atoms with Gasteiger partial charge in [0.1, 0.15) is 0 Å². The van der Waals surface area contributed by atoms with E-state index in [1.165, 1.54) is 0 Å². The summed E-state index contributed by atoms with van der Waals surface area (Å²) in [6, 6.07) is 18.7. The van der Waals surface area contributed by atoms with Crippen LogP contribution in [0.4, 0.5) is 0 Å². The van der Waals surface area contributed by atoms with Crippen molar-refractivity contribution in [3.05, 3.63) is 90.5 Å². The maximum absolute atomic E-state index is 13.3. The van der Waals surface area contributed by atoms with E-state index in [1.807, 2.05) is 73.8 Å². The number of hydrogen-bond donors (Lipinski definition) is 1. The van der Waals surface area contributed by atoms with E-state index in [1.54, 1.807) is 31.3 Å². The highest BCUT2D eigenvalue weighted by molar-refractivity contribution is 5.99. The number of para-hydroxylation sites is 1. The van der Waals surface area contributed by atoms with Gasteiger partial charge < -0.3 is 14.8 Å². The van der Waals surface area contributed by atoms with Crippen LogP contribution in [0.5, 0.6) is 11.5 Å². The molecule has 1 atom stereocenters. The fourth-order valence-corrected chi connectivity index (χ4v) is 3.45. The molecule has 7 heteroatoms. The molecule has 0 spiro atoms. The van der Waals surface area contributed by atoms with Gasteiger partial charge in [-0.3, -0.25) is 9.78 Å². The highest BCUT2D eigenvalue weighted by Crippen LogP contribution is 2.34. The molecule has 2 heterocycles. The normalized spacial score (nSPS) is 11.6. The van der Waals surface area contributed by atoms with E-state index in [2.05, 4.69) is 15.4 Å². The number of carbonyl (C=O) groups is 1. The van der Waals surface area contributed by atoms with Crippen molar-refractivity contribution in [3.63, 3.8) is 0 Å². The largest absolute Gasteiger partial charge is 0.493 e. The molecule has 4 rings (SSSR count). The number of nitrogens with zero attached hydrogens (tertiary/aromatic N) is 3. The van der Waals surface area contributed by atoms with Crippen molar-refractivity contribution in [2.45, 2.75) is 13.0 Å². The highest BCUT2D eigenvalue weighted by atomic mass is 16.5. The summed E-state index contributed by atoms with van der Waals surface area (Å²) in [7, 11) is 3.17. The maximum Gasteiger partial charge on any atom is 0.272 e. The smallest absolute Gasteiger partial charge is 0.272 e. The van der Waals surface area contributed by atoms with Crippen LogP contribution < -0.4 is 14.8 Å². The second kappa shape index (κ2) is 9.34. The number of methoxy groups -OCH3 is 2. The summed E-state index contributed by atoms with van der Waals surface area (Å²) in [5.74, 6) is 0.913. The summed E-state index contributed by atoms with van der Waals surface area (Å²) in [4.78, 5) is 17.4. The van der Waals surface area contributed by atoms with Gasteiger partial charge in [-0.25, -0.2) is 4.68 Å². The van der Waals surface area contributed by atoms with E-state index in [0.29, 0.717) is 22.8 Å². The van der Waals surface area contributed by atoms with Gasteiger partial charge in [0.2, 0.25) is 0 Å². The standard InChI is InChI=1S/C25H24N4O3/c1-17(19-8-7-13-26-15-19)27-25(30)24-21(16-29(28-24)20-9-5-4-6-10-20)18-11-12-22(31-2)23(14-18)32-3/h4-17H,1-3H3,(H,27,30). The molecule has 0 saturated heterocycles. The molecule has 0 bridgehead atoms. The molecule has 0 saturated carbocycles. The van der Waals surface area contributed by atoms with Crippen LogP contribution >= 0.6 is 0 Å². The number of benzene rings is 2. The van der Waals surface area contributed by atoms with Gasteiger partial charge in [-0.2, -0.15) is 5.10 Å². The zero-order valence-electron chi connectivity index (χ0n) is 18.1. The molecule has 0 radical (unpaired) electrons. The van der Waals surface area contributed by atoms with Crippen molar-refractivity contribution in [1.29, 1.82) is 0 Å². The molecule has 2 aromatic heterocycles. The summed E-state index contributed by atoms with van der Waals surface area (Å²) >= 11 is 0. The number of nitrogens with one attached hydrogen (secondary N) is 1. The van der Waals surface area contributed by atoms with Crippen molar-refractivity contribution in [2.24, 2.45) is 0 Å². The van der Waals surface area contributed by atoms with Crippen molar-refractivity contribution in [2.75, 3.05) is 14.2 Å². The number of ether oxygens (including phenoxy) is 2. The van der Waals surface area contributed by atoms with E-state index in [4.69, 9.17) is 9.47 Å². The third kappa shape index (κ3) is 4.32. The quantitative estimate of drug-likeness (QED) is 0.471. The number of amides is 1. The van der Waals surface area contributed by atoms with E-state index in [9.17, 15) is 4.79 Å². The highest BCUT2D eigenvalue weighted by Gasteiger charge is 2.22. The van der Waals surface area contributed by atoms with Gasteiger partial charge in [0.25, 0.3) is 5.91 Å². The second-order valence-electron chi connectivity index (χ2n) is 7.22. The molecule has 7 nitrogen and oxygen atoms in total. The van der Waals surface area contributed by atoms with E-state index in [-0.39, 0.29) is 11.9 Å². The van der Waals surface area contributed by atoms with Crippen LogP contribution in [-0.2, 0) is 0 Å². The Morgan fingerprint density at radius 3 is 2.47 bits per heavy atom. The van der Waals surface area contributed by atoms with Crippen LogP contribution in [0.15, 0.2) is 79.3 Å². The summed E-state index contributed by atoms with van der Waals surface area (Å²) in [5, 5.41) is 7.65. The SMILES string of the molecule is COc1ccc(-c2cn(-c3ccccc3)nc2C(=O)NC(C)c2cccnc2)cc1OC. The summed E-state index contributed by atoms with van der Waals surface area (Å²) < 4.78 is 12.5. The first-order valence-corrected chi connectivity index (χ1v) is 10.2. The van der Waals surface area contributed by atoms with Crippen LogP contribution in [0.2, 0.25) is 0 Å². The predicted molar refractivity (Wildman–Crippen MR) is 122 cm³/mol. The molecule has 0 aliphatic carbocycles. The summed E-state index contributed by atoms with van der Waals surface area (Å²) in [6.45, 7) is 1.92. The lowest BCUT2D eigenvalue weighted by molar-refractivity contribution is 0.0935. The zero-order valence-corrected chi connectivity index (χ0v) is 18.1. The molecule has 0 fully saturated rings. The number of rotatable bonds is 7. The fraction of sp³-hybridized carbons (Fsp3) is 0.160. The lowest BCUT2D eigenvalue weighted by atomic mass is 10.0. The molecule has 32 heavy (non-hydrogen) atoms. The van der Waals surface area contributed by atoms with Gasteiger partial charge in [0.05, 0.1) is 25.9 Å². The first-order valence-electron chi connectivity index (χ1n) is 10.2. The Labute approximate surface area is 186 Å². The van der Waals surface area contributed by atoms with Crippen LogP contribution in [0.25, 0.3) is 16.8 Å². The minimum absolute atomic E-state index is 0.226. The molecule has 162 valence electrons. The molecule has 0 aliphatic rings. The van der Waals surface area contributed by atoms with Crippen molar-refractivity contribution < 1.29 is 14.3 Å². The van der Waals surface area contributed by atoms with Gasteiger partial charge in [-0.1, -0.05) is 30.3 Å². The maximum atomic E-state index is 13.3. The monoisotopic (exact) mass is 428 g/mol. The Kier molecular flexibility index (Phi) is 6.17. The zero-order chi connectivity index (χ0) is 22.5. The Balaban J connectivity index is 1.75. The molecule has 2 aromatic carbocycles. The van der Waals surface area contributed by atoms with E-state index in [0.717, 1.165) is 16.8 Å². The van der Waals surface area contributed by atoms with Gasteiger partial charge in [-0.15, -0.1) is 0 Å².